The first kappa shape index (κ1) is 49.8. The van der Waals surface area contributed by atoms with Crippen LogP contribution in [0.25, 0.3) is 0 Å². The quantitative estimate of drug-likeness (QED) is 0.105. The molecule has 1 aliphatic carbocycles. The van der Waals surface area contributed by atoms with Crippen molar-refractivity contribution in [1.82, 2.24) is 0 Å². The summed E-state index contributed by atoms with van der Waals surface area (Å²) >= 11 is 0. The molecule has 6 nitrogen and oxygen atoms in total. The smallest absolute Gasteiger partial charge is 0.434 e. The van der Waals surface area contributed by atoms with E-state index in [0.717, 1.165) is 20.8 Å². The predicted molar refractivity (Wildman–Crippen MR) is 121 cm³/mol. The highest BCUT2D eigenvalue weighted by molar-refractivity contribution is 5.99. The minimum Gasteiger partial charge on any atom is -0.442 e. The molecule has 0 atom stereocenters. The Bertz CT molecular complexity index is 1240. The van der Waals surface area contributed by atoms with E-state index in [0.29, 0.717) is 6.92 Å². The number of ether oxygens (including phenoxy) is 3. The van der Waals surface area contributed by atoms with E-state index < -0.39 is 114 Å². The van der Waals surface area contributed by atoms with Gasteiger partial charge in [0.05, 0.1) is 5.41 Å². The summed E-state index contributed by atoms with van der Waals surface area (Å²) in [6.07, 6.45) is -36.0. The predicted octanol–water partition coefficient (Wildman–Crippen LogP) is 9.30. The van der Waals surface area contributed by atoms with Gasteiger partial charge in [-0.1, -0.05) is 13.8 Å². The fraction of sp³-hybridized carbons (Fsp3) is 0.875. The third-order valence-corrected chi connectivity index (χ3v) is 7.30. The maximum Gasteiger partial charge on any atom is 0.434 e. The third-order valence-electron chi connectivity index (χ3n) is 7.30. The summed E-state index contributed by atoms with van der Waals surface area (Å²) in [5.41, 5.74) is -5.38. The second kappa shape index (κ2) is 14.1. The number of hydrogen-bond acceptors (Lipinski definition) is 6. The van der Waals surface area contributed by atoms with Crippen LogP contribution in [0.15, 0.2) is 0 Å². The van der Waals surface area contributed by atoms with Crippen molar-refractivity contribution < 1.29 is 130 Å². The van der Waals surface area contributed by atoms with Gasteiger partial charge < -0.3 is 14.2 Å². The standard InChI is InChI=1S/C12H10F12O4.C12H11F11O2/c1-3-8(2,6(25)27-4(9(13,14)15)10(16,17)18)7(26)28-5(11(19,20)21)12(22,23)24;1-4-6(2,3)5(24)25-12(23)10(19,20)8(15,16)7(13,14)9(17,18)11(12,21)22/h4-5H,3H2,1-2H3;4H2,1-3H3. The summed E-state index contributed by atoms with van der Waals surface area (Å²) < 4.78 is 305. The van der Waals surface area contributed by atoms with Crippen molar-refractivity contribution in [2.24, 2.45) is 10.8 Å². The molecule has 1 fully saturated rings. The van der Waals surface area contributed by atoms with Crippen LogP contribution in [0.4, 0.5) is 101 Å². The third kappa shape index (κ3) is 8.55. The van der Waals surface area contributed by atoms with Crippen molar-refractivity contribution in [3.8, 4) is 0 Å². The Labute approximate surface area is 279 Å². The number of hydrogen-bond donors (Lipinski definition) is 0. The van der Waals surface area contributed by atoms with Crippen LogP contribution < -0.4 is 0 Å². The maximum absolute atomic E-state index is 14.1. The Morgan fingerprint density at radius 1 is 0.453 bits per heavy atom. The van der Waals surface area contributed by atoms with Gasteiger partial charge in [0.1, 0.15) is 0 Å². The first-order valence-corrected chi connectivity index (χ1v) is 13.3. The number of halogens is 23. The van der Waals surface area contributed by atoms with Gasteiger partial charge in [-0.05, 0) is 33.6 Å². The highest BCUT2D eigenvalue weighted by Gasteiger charge is 3.03. The lowest BCUT2D eigenvalue weighted by molar-refractivity contribution is -0.518. The van der Waals surface area contributed by atoms with E-state index in [1.54, 1.807) is 0 Å². The Kier molecular flexibility index (Phi) is 13.3. The molecule has 53 heavy (non-hydrogen) atoms. The zero-order valence-corrected chi connectivity index (χ0v) is 26.2. The molecule has 1 saturated carbocycles. The molecule has 0 aromatic rings. The Balaban J connectivity index is 0.00000103. The van der Waals surface area contributed by atoms with E-state index in [4.69, 9.17) is 0 Å². The molecule has 0 aromatic carbocycles. The molecule has 0 aliphatic heterocycles. The number of rotatable bonds is 8. The summed E-state index contributed by atoms with van der Waals surface area (Å²) in [4.78, 5) is 34.8. The molecule has 0 amide bonds. The second-order valence-electron chi connectivity index (χ2n) is 11.5. The van der Waals surface area contributed by atoms with Gasteiger partial charge in [-0.2, -0.15) is 101 Å². The molecule has 0 unspecified atom stereocenters. The Morgan fingerprint density at radius 2 is 0.698 bits per heavy atom. The fourth-order valence-corrected chi connectivity index (χ4v) is 3.22. The Hall–Kier alpha value is -3.20. The topological polar surface area (TPSA) is 78.9 Å². The van der Waals surface area contributed by atoms with E-state index in [2.05, 4.69) is 14.2 Å². The van der Waals surface area contributed by atoms with Crippen molar-refractivity contribution in [3.05, 3.63) is 0 Å². The fourth-order valence-electron chi connectivity index (χ4n) is 3.22. The monoisotopic (exact) mass is 842 g/mol. The number of esters is 3. The van der Waals surface area contributed by atoms with Crippen molar-refractivity contribution in [3.63, 3.8) is 0 Å². The number of carbonyl (C=O) groups excluding carboxylic acids is 3. The van der Waals surface area contributed by atoms with Gasteiger partial charge in [-0.3, -0.25) is 14.4 Å². The lowest BCUT2D eigenvalue weighted by Crippen LogP contribution is -2.84. The molecule has 0 N–H and O–H groups in total. The first-order chi connectivity index (χ1) is 22.8. The van der Waals surface area contributed by atoms with E-state index in [9.17, 15) is 115 Å². The molecule has 0 saturated heterocycles. The van der Waals surface area contributed by atoms with Gasteiger partial charge in [-0.25, -0.2) is 0 Å². The summed E-state index contributed by atoms with van der Waals surface area (Å²) in [6, 6.07) is 0. The number of carbonyl (C=O) groups is 3. The SMILES string of the molecule is CCC(C)(C(=O)OC(C(F)(F)F)C(F)(F)F)C(=O)OC(C(F)(F)F)C(F)(F)F.CCC(C)(C)C(=O)OC1(F)C(F)(F)C(F)(F)C(F)(F)C(F)(F)C1(F)F. The van der Waals surface area contributed by atoms with Crippen LogP contribution in [0.1, 0.15) is 47.5 Å². The lowest BCUT2D eigenvalue weighted by atomic mass is 9.78. The van der Waals surface area contributed by atoms with Crippen LogP contribution in [0, 0.1) is 10.8 Å². The van der Waals surface area contributed by atoms with Gasteiger partial charge in [0.2, 0.25) is 0 Å². The summed E-state index contributed by atoms with van der Waals surface area (Å²) in [5, 5.41) is 0. The minimum absolute atomic E-state index is 0.172. The summed E-state index contributed by atoms with van der Waals surface area (Å²) in [6.45, 7) is 3.63. The molecule has 1 aliphatic rings. The largest absolute Gasteiger partial charge is 0.442 e. The first-order valence-electron chi connectivity index (χ1n) is 13.3. The zero-order chi connectivity index (χ0) is 43.4. The van der Waals surface area contributed by atoms with Crippen LogP contribution >= 0.6 is 0 Å². The molecule has 0 aromatic heterocycles. The maximum atomic E-state index is 14.1. The summed E-state index contributed by atoms with van der Waals surface area (Å²) in [5.74, 6) is -50.7. The van der Waals surface area contributed by atoms with Crippen LogP contribution in [-0.2, 0) is 28.6 Å². The average Bonchev–Trinajstić information content (AvgIpc) is 2.94. The van der Waals surface area contributed by atoms with E-state index in [-0.39, 0.29) is 6.92 Å². The molecule has 0 heterocycles. The molecular formula is C24H21F23O6. The average molecular weight is 842 g/mol. The molecule has 1 rings (SSSR count). The molecule has 0 bridgehead atoms. The molecular weight excluding hydrogens is 821 g/mol. The van der Waals surface area contributed by atoms with Gasteiger partial charge in [0.25, 0.3) is 12.2 Å². The molecule has 29 heteroatoms. The molecule has 314 valence electrons. The van der Waals surface area contributed by atoms with Crippen molar-refractivity contribution in [1.29, 1.82) is 0 Å². The van der Waals surface area contributed by atoms with E-state index >= 15 is 0 Å². The van der Waals surface area contributed by atoms with Crippen molar-refractivity contribution >= 4 is 17.9 Å². The van der Waals surface area contributed by atoms with Crippen LogP contribution in [-0.4, -0.2) is 90.3 Å². The molecule has 0 radical (unpaired) electrons. The Morgan fingerprint density at radius 3 is 0.906 bits per heavy atom. The van der Waals surface area contributed by atoms with Crippen LogP contribution in [0.5, 0.6) is 0 Å². The highest BCUT2D eigenvalue weighted by Crippen LogP contribution is 2.69. The van der Waals surface area contributed by atoms with Crippen LogP contribution in [0.2, 0.25) is 0 Å². The van der Waals surface area contributed by atoms with Crippen molar-refractivity contribution in [2.75, 3.05) is 0 Å². The summed E-state index contributed by atoms with van der Waals surface area (Å²) in [7, 11) is 0. The van der Waals surface area contributed by atoms with Gasteiger partial charge in [-0.15, -0.1) is 0 Å². The van der Waals surface area contributed by atoms with Crippen molar-refractivity contribution in [2.45, 2.75) is 120 Å². The second-order valence-corrected chi connectivity index (χ2v) is 11.5. The highest BCUT2D eigenvalue weighted by atomic mass is 19.4. The lowest BCUT2D eigenvalue weighted by Gasteiger charge is -2.51. The van der Waals surface area contributed by atoms with Gasteiger partial charge in [0, 0.05) is 0 Å². The number of alkyl halides is 23. The van der Waals surface area contributed by atoms with E-state index in [1.807, 2.05) is 0 Å². The van der Waals surface area contributed by atoms with Gasteiger partial charge in [0.15, 0.2) is 5.41 Å². The van der Waals surface area contributed by atoms with Gasteiger partial charge >= 0.3 is 78.1 Å². The minimum atomic E-state index is -7.34. The zero-order valence-electron chi connectivity index (χ0n) is 26.2. The normalized spacial score (nSPS) is 20.9. The van der Waals surface area contributed by atoms with E-state index in [1.165, 1.54) is 0 Å². The van der Waals surface area contributed by atoms with Crippen LogP contribution in [0.3, 0.4) is 0 Å². The molecule has 0 spiro atoms.